The molecule has 3 aromatic carbocycles. The summed E-state index contributed by atoms with van der Waals surface area (Å²) in [5, 5.41) is 3.96. The van der Waals surface area contributed by atoms with E-state index in [0.29, 0.717) is 19.0 Å². The number of nitrogens with one attached hydrogen (secondary N) is 1. The van der Waals surface area contributed by atoms with Crippen molar-refractivity contribution in [3.05, 3.63) is 89.5 Å². The molecule has 1 N–H and O–H groups in total. The zero-order chi connectivity index (χ0) is 21.9. The van der Waals surface area contributed by atoms with Crippen LogP contribution in [0.1, 0.15) is 23.6 Å². The molecule has 3 aromatic rings. The van der Waals surface area contributed by atoms with Gasteiger partial charge < -0.3 is 14.2 Å². The van der Waals surface area contributed by atoms with Crippen molar-refractivity contribution in [2.24, 2.45) is 5.10 Å². The average molecular weight is 418 g/mol. The largest absolute Gasteiger partial charge is 0.494 e. The molecule has 0 heterocycles. The van der Waals surface area contributed by atoms with E-state index in [4.69, 9.17) is 14.2 Å². The lowest BCUT2D eigenvalue weighted by atomic mass is 10.2. The Morgan fingerprint density at radius 1 is 0.839 bits per heavy atom. The molecule has 0 aliphatic carbocycles. The topological polar surface area (TPSA) is 69.2 Å². The number of hydrazone groups is 1. The third kappa shape index (κ3) is 7.51. The monoisotopic (exact) mass is 418 g/mol. The summed E-state index contributed by atoms with van der Waals surface area (Å²) in [5.41, 5.74) is 5.63. The summed E-state index contributed by atoms with van der Waals surface area (Å²) >= 11 is 0. The van der Waals surface area contributed by atoms with Crippen molar-refractivity contribution < 1.29 is 19.0 Å². The maximum absolute atomic E-state index is 11.9. The smallest absolute Gasteiger partial charge is 0.277 e. The van der Waals surface area contributed by atoms with Crippen LogP contribution in [-0.4, -0.2) is 25.3 Å². The fourth-order valence-electron chi connectivity index (χ4n) is 2.66. The summed E-state index contributed by atoms with van der Waals surface area (Å²) < 4.78 is 16.6. The van der Waals surface area contributed by atoms with Crippen molar-refractivity contribution in [3.8, 4) is 17.2 Å². The first-order chi connectivity index (χ1) is 15.1. The highest BCUT2D eigenvalue weighted by Crippen LogP contribution is 2.17. The number of carbonyl (C=O) groups is 1. The number of rotatable bonds is 10. The highest BCUT2D eigenvalue weighted by atomic mass is 16.5. The fraction of sp³-hybridized carbons (Fsp3) is 0.200. The van der Waals surface area contributed by atoms with Gasteiger partial charge in [-0.05, 0) is 73.5 Å². The molecule has 0 aliphatic rings. The highest BCUT2D eigenvalue weighted by molar-refractivity contribution is 5.83. The second kappa shape index (κ2) is 11.4. The van der Waals surface area contributed by atoms with E-state index >= 15 is 0 Å². The van der Waals surface area contributed by atoms with Crippen LogP contribution in [0.5, 0.6) is 17.2 Å². The Balaban J connectivity index is 1.39. The molecule has 3 rings (SSSR count). The number of carbonyl (C=O) groups excluding carboxylic acids is 1. The Kier molecular flexibility index (Phi) is 8.05. The van der Waals surface area contributed by atoms with Gasteiger partial charge in [-0.15, -0.1) is 0 Å². The maximum atomic E-state index is 11.9. The van der Waals surface area contributed by atoms with E-state index in [9.17, 15) is 4.79 Å². The van der Waals surface area contributed by atoms with Crippen molar-refractivity contribution >= 4 is 12.1 Å². The Morgan fingerprint density at radius 3 is 2.06 bits per heavy atom. The van der Waals surface area contributed by atoms with E-state index in [0.717, 1.165) is 22.6 Å². The average Bonchev–Trinajstić information content (AvgIpc) is 2.79. The second-order valence-electron chi connectivity index (χ2n) is 6.83. The van der Waals surface area contributed by atoms with Crippen LogP contribution in [-0.2, 0) is 11.4 Å². The quantitative estimate of drug-likeness (QED) is 0.389. The Bertz CT molecular complexity index is 982. The van der Waals surface area contributed by atoms with Crippen LogP contribution in [0.15, 0.2) is 77.9 Å². The van der Waals surface area contributed by atoms with E-state index in [1.54, 1.807) is 30.5 Å². The lowest BCUT2D eigenvalue weighted by Gasteiger charge is -2.07. The molecule has 6 heteroatoms. The van der Waals surface area contributed by atoms with Gasteiger partial charge in [0.25, 0.3) is 5.91 Å². The normalized spacial score (nSPS) is 10.6. The summed E-state index contributed by atoms with van der Waals surface area (Å²) in [5.74, 6) is 1.77. The molecular formula is C25H26N2O4. The molecule has 0 fully saturated rings. The Labute approximate surface area is 182 Å². The molecule has 1 amide bonds. The van der Waals surface area contributed by atoms with E-state index in [1.165, 1.54) is 5.56 Å². The third-order valence-corrected chi connectivity index (χ3v) is 4.31. The minimum absolute atomic E-state index is 0.128. The molecule has 0 unspecified atom stereocenters. The first-order valence-electron chi connectivity index (χ1n) is 10.1. The summed E-state index contributed by atoms with van der Waals surface area (Å²) in [4.78, 5) is 11.9. The SMILES string of the molecule is CCOc1ccc(OCC(=O)N/N=C/c2ccc(OCc3ccc(C)cc3)cc2)cc1. The van der Waals surface area contributed by atoms with Gasteiger partial charge in [0.05, 0.1) is 12.8 Å². The van der Waals surface area contributed by atoms with Gasteiger partial charge in [-0.1, -0.05) is 29.8 Å². The number of nitrogens with zero attached hydrogens (tertiary/aromatic N) is 1. The number of ether oxygens (including phenoxy) is 3. The maximum Gasteiger partial charge on any atom is 0.277 e. The molecule has 0 bridgehead atoms. The lowest BCUT2D eigenvalue weighted by Crippen LogP contribution is -2.24. The second-order valence-corrected chi connectivity index (χ2v) is 6.83. The van der Waals surface area contributed by atoms with Crippen LogP contribution in [0.4, 0.5) is 0 Å². The van der Waals surface area contributed by atoms with Crippen LogP contribution in [0.25, 0.3) is 0 Å². The number of hydrogen-bond donors (Lipinski definition) is 1. The molecular weight excluding hydrogens is 392 g/mol. The zero-order valence-electron chi connectivity index (χ0n) is 17.7. The van der Waals surface area contributed by atoms with Crippen LogP contribution >= 0.6 is 0 Å². The minimum atomic E-state index is -0.344. The van der Waals surface area contributed by atoms with E-state index in [1.807, 2.05) is 31.2 Å². The van der Waals surface area contributed by atoms with Crippen LogP contribution in [0.3, 0.4) is 0 Å². The Hall–Kier alpha value is -3.80. The highest BCUT2D eigenvalue weighted by Gasteiger charge is 2.02. The standard InChI is InChI=1S/C25H26N2O4/c1-3-29-22-12-14-24(15-13-22)31-18-25(28)27-26-16-20-8-10-23(11-9-20)30-17-21-6-4-19(2)5-7-21/h4-16H,3,17-18H2,1-2H3,(H,27,28)/b26-16+. The van der Waals surface area contributed by atoms with Crippen molar-refractivity contribution in [2.45, 2.75) is 20.5 Å². The number of benzene rings is 3. The molecule has 0 saturated carbocycles. The molecule has 0 atom stereocenters. The summed E-state index contributed by atoms with van der Waals surface area (Å²) in [7, 11) is 0. The number of amides is 1. The van der Waals surface area contributed by atoms with Gasteiger partial charge >= 0.3 is 0 Å². The summed E-state index contributed by atoms with van der Waals surface area (Å²) in [6, 6.07) is 22.8. The van der Waals surface area contributed by atoms with Gasteiger partial charge in [0, 0.05) is 0 Å². The van der Waals surface area contributed by atoms with Gasteiger partial charge in [0.1, 0.15) is 23.9 Å². The van der Waals surface area contributed by atoms with Crippen LogP contribution in [0, 0.1) is 6.92 Å². The van der Waals surface area contributed by atoms with Crippen LogP contribution in [0.2, 0.25) is 0 Å². The molecule has 0 aromatic heterocycles. The molecule has 0 radical (unpaired) electrons. The van der Waals surface area contributed by atoms with Crippen molar-refractivity contribution in [2.75, 3.05) is 13.2 Å². The zero-order valence-corrected chi connectivity index (χ0v) is 17.7. The van der Waals surface area contributed by atoms with E-state index in [2.05, 4.69) is 41.7 Å². The fourth-order valence-corrected chi connectivity index (χ4v) is 2.66. The van der Waals surface area contributed by atoms with Crippen LogP contribution < -0.4 is 19.6 Å². The van der Waals surface area contributed by atoms with Gasteiger partial charge in [-0.2, -0.15) is 5.10 Å². The summed E-state index contributed by atoms with van der Waals surface area (Å²) in [6.07, 6.45) is 1.57. The van der Waals surface area contributed by atoms with E-state index in [-0.39, 0.29) is 12.5 Å². The molecule has 31 heavy (non-hydrogen) atoms. The molecule has 6 nitrogen and oxygen atoms in total. The minimum Gasteiger partial charge on any atom is -0.494 e. The predicted molar refractivity (Wildman–Crippen MR) is 121 cm³/mol. The number of hydrogen-bond acceptors (Lipinski definition) is 5. The molecule has 160 valence electrons. The van der Waals surface area contributed by atoms with Gasteiger partial charge in [-0.25, -0.2) is 5.43 Å². The third-order valence-electron chi connectivity index (χ3n) is 4.31. The van der Waals surface area contributed by atoms with E-state index < -0.39 is 0 Å². The van der Waals surface area contributed by atoms with Crippen molar-refractivity contribution in [1.29, 1.82) is 0 Å². The summed E-state index contributed by atoms with van der Waals surface area (Å²) in [6.45, 7) is 4.96. The number of aryl methyl sites for hydroxylation is 1. The van der Waals surface area contributed by atoms with Gasteiger partial charge in [0.2, 0.25) is 0 Å². The molecule has 0 saturated heterocycles. The lowest BCUT2D eigenvalue weighted by molar-refractivity contribution is -0.123. The van der Waals surface area contributed by atoms with Gasteiger partial charge in [-0.3, -0.25) is 4.79 Å². The first kappa shape index (κ1) is 21.9. The Morgan fingerprint density at radius 2 is 1.42 bits per heavy atom. The predicted octanol–water partition coefficient (Wildman–Crippen LogP) is 4.50. The van der Waals surface area contributed by atoms with Crippen molar-refractivity contribution in [3.63, 3.8) is 0 Å². The first-order valence-corrected chi connectivity index (χ1v) is 10.1. The molecule has 0 aliphatic heterocycles. The van der Waals surface area contributed by atoms with Crippen molar-refractivity contribution in [1.82, 2.24) is 5.43 Å². The van der Waals surface area contributed by atoms with Gasteiger partial charge in [0.15, 0.2) is 6.61 Å². The molecule has 0 spiro atoms.